The fraction of sp³-hybridized carbons (Fsp3) is 0.455. The van der Waals surface area contributed by atoms with Crippen LogP contribution in [0.15, 0.2) is 30.3 Å². The lowest BCUT2D eigenvalue weighted by molar-refractivity contribution is -0.0283. The molecule has 1 saturated heterocycles. The van der Waals surface area contributed by atoms with E-state index in [-0.39, 0.29) is 5.75 Å². The highest BCUT2D eigenvalue weighted by Crippen LogP contribution is 2.12. The van der Waals surface area contributed by atoms with Crippen LogP contribution in [0.2, 0.25) is 0 Å². The maximum atomic E-state index is 11.8. The summed E-state index contributed by atoms with van der Waals surface area (Å²) in [5.41, 5.74) is 1.03. The third kappa shape index (κ3) is 2.81. The first-order valence-electron chi connectivity index (χ1n) is 5.36. The lowest BCUT2D eigenvalue weighted by Gasteiger charge is -2.13. The van der Waals surface area contributed by atoms with Gasteiger partial charge in [-0.1, -0.05) is 34.8 Å². The second-order valence-corrected chi connectivity index (χ2v) is 5.74. The minimum absolute atomic E-state index is 0.108. The first-order chi connectivity index (χ1) is 7.68. The molecular formula is C11H15NO3S. The van der Waals surface area contributed by atoms with Gasteiger partial charge in [-0.15, -0.1) is 0 Å². The number of hydroxylamine groups is 1. The van der Waals surface area contributed by atoms with E-state index in [9.17, 15) is 8.42 Å². The molecule has 5 heteroatoms. The number of benzene rings is 1. The zero-order valence-electron chi connectivity index (χ0n) is 9.00. The van der Waals surface area contributed by atoms with Crippen molar-refractivity contribution in [1.82, 2.24) is 4.47 Å². The van der Waals surface area contributed by atoms with Gasteiger partial charge in [0.15, 0.2) is 0 Å². The summed E-state index contributed by atoms with van der Waals surface area (Å²) in [5.74, 6) is 0.108. The molecule has 0 aliphatic carbocycles. The van der Waals surface area contributed by atoms with Crippen molar-refractivity contribution < 1.29 is 13.3 Å². The molecule has 0 aromatic heterocycles. The Morgan fingerprint density at radius 3 is 2.62 bits per heavy atom. The number of sulfonamides is 1. The lowest BCUT2D eigenvalue weighted by Crippen LogP contribution is -2.29. The summed E-state index contributed by atoms with van der Waals surface area (Å²) < 4.78 is 24.7. The molecule has 0 bridgehead atoms. The van der Waals surface area contributed by atoms with Crippen LogP contribution in [0.5, 0.6) is 0 Å². The van der Waals surface area contributed by atoms with E-state index in [2.05, 4.69) is 0 Å². The van der Waals surface area contributed by atoms with E-state index in [4.69, 9.17) is 4.84 Å². The average Bonchev–Trinajstić information content (AvgIpc) is 2.82. The van der Waals surface area contributed by atoms with Crippen molar-refractivity contribution in [2.75, 3.05) is 18.9 Å². The fourth-order valence-electron chi connectivity index (χ4n) is 1.64. The summed E-state index contributed by atoms with van der Waals surface area (Å²) in [7, 11) is -3.25. The smallest absolute Gasteiger partial charge is 0.236 e. The van der Waals surface area contributed by atoms with Gasteiger partial charge in [0.1, 0.15) is 0 Å². The second kappa shape index (κ2) is 4.95. The molecule has 16 heavy (non-hydrogen) atoms. The Labute approximate surface area is 95.8 Å². The highest BCUT2D eigenvalue weighted by Gasteiger charge is 2.26. The van der Waals surface area contributed by atoms with Crippen LogP contribution < -0.4 is 0 Å². The molecule has 1 aliphatic heterocycles. The maximum absolute atomic E-state index is 11.8. The Morgan fingerprint density at radius 1 is 1.25 bits per heavy atom. The summed E-state index contributed by atoms with van der Waals surface area (Å²) in [6, 6.07) is 9.60. The Bertz CT molecular complexity index is 424. The van der Waals surface area contributed by atoms with Gasteiger partial charge in [-0.25, -0.2) is 8.42 Å². The molecule has 1 heterocycles. The van der Waals surface area contributed by atoms with Crippen LogP contribution in [-0.4, -0.2) is 31.8 Å². The van der Waals surface area contributed by atoms with Crippen LogP contribution in [0.4, 0.5) is 0 Å². The summed E-state index contributed by atoms with van der Waals surface area (Å²) >= 11 is 0. The molecule has 0 N–H and O–H groups in total. The number of rotatable bonds is 4. The molecule has 88 valence electrons. The SMILES string of the molecule is O=S(=O)(CCc1ccccc1)N1CCCO1. The van der Waals surface area contributed by atoms with Crippen molar-refractivity contribution in [3.63, 3.8) is 0 Å². The number of aryl methyl sites for hydroxylation is 1. The maximum Gasteiger partial charge on any atom is 0.236 e. The predicted octanol–water partition coefficient (Wildman–Crippen LogP) is 1.20. The van der Waals surface area contributed by atoms with Crippen LogP contribution in [-0.2, 0) is 21.3 Å². The number of hydrogen-bond donors (Lipinski definition) is 0. The topological polar surface area (TPSA) is 46.6 Å². The zero-order valence-corrected chi connectivity index (χ0v) is 9.82. The summed E-state index contributed by atoms with van der Waals surface area (Å²) in [4.78, 5) is 5.05. The molecule has 0 spiro atoms. The molecule has 0 amide bonds. The van der Waals surface area contributed by atoms with Crippen LogP contribution in [0.1, 0.15) is 12.0 Å². The van der Waals surface area contributed by atoms with Gasteiger partial charge in [-0.3, -0.25) is 4.84 Å². The fourth-order valence-corrected chi connectivity index (χ4v) is 2.98. The van der Waals surface area contributed by atoms with Gasteiger partial charge >= 0.3 is 0 Å². The van der Waals surface area contributed by atoms with Crippen molar-refractivity contribution in [2.24, 2.45) is 0 Å². The molecule has 0 unspecified atom stereocenters. The Kier molecular flexibility index (Phi) is 3.58. The molecule has 1 aliphatic rings. The molecule has 1 aromatic carbocycles. The van der Waals surface area contributed by atoms with Crippen molar-refractivity contribution in [3.05, 3.63) is 35.9 Å². The van der Waals surface area contributed by atoms with E-state index >= 15 is 0 Å². The van der Waals surface area contributed by atoms with Crippen molar-refractivity contribution in [1.29, 1.82) is 0 Å². The van der Waals surface area contributed by atoms with Crippen molar-refractivity contribution in [3.8, 4) is 0 Å². The summed E-state index contributed by atoms with van der Waals surface area (Å²) in [6.45, 7) is 0.988. The summed E-state index contributed by atoms with van der Waals surface area (Å²) in [5, 5.41) is 0. The van der Waals surface area contributed by atoms with E-state index in [1.807, 2.05) is 30.3 Å². The van der Waals surface area contributed by atoms with E-state index < -0.39 is 10.0 Å². The van der Waals surface area contributed by atoms with Gasteiger partial charge in [-0.05, 0) is 18.4 Å². The first-order valence-corrected chi connectivity index (χ1v) is 6.97. The zero-order chi connectivity index (χ0) is 11.4. The van der Waals surface area contributed by atoms with Crippen LogP contribution >= 0.6 is 0 Å². The van der Waals surface area contributed by atoms with Gasteiger partial charge in [0.2, 0.25) is 10.0 Å². The van der Waals surface area contributed by atoms with Gasteiger partial charge in [-0.2, -0.15) is 0 Å². The van der Waals surface area contributed by atoms with Crippen LogP contribution in [0.25, 0.3) is 0 Å². The van der Waals surface area contributed by atoms with Crippen molar-refractivity contribution >= 4 is 10.0 Å². The van der Waals surface area contributed by atoms with Gasteiger partial charge < -0.3 is 0 Å². The Morgan fingerprint density at radius 2 is 2.00 bits per heavy atom. The van der Waals surface area contributed by atoms with E-state index in [1.54, 1.807) is 0 Å². The van der Waals surface area contributed by atoms with E-state index in [0.29, 0.717) is 19.6 Å². The Balaban J connectivity index is 1.94. The highest BCUT2D eigenvalue weighted by atomic mass is 32.2. The van der Waals surface area contributed by atoms with Gasteiger partial charge in [0, 0.05) is 6.54 Å². The molecule has 0 saturated carbocycles. The second-order valence-electron chi connectivity index (χ2n) is 3.76. The monoisotopic (exact) mass is 241 g/mol. The molecule has 0 atom stereocenters. The molecular weight excluding hydrogens is 226 g/mol. The van der Waals surface area contributed by atoms with E-state index in [0.717, 1.165) is 16.5 Å². The molecule has 0 radical (unpaired) electrons. The third-order valence-corrected chi connectivity index (χ3v) is 4.15. The number of hydrogen-bond acceptors (Lipinski definition) is 3. The van der Waals surface area contributed by atoms with Gasteiger partial charge in [0.05, 0.1) is 12.4 Å². The van der Waals surface area contributed by atoms with Crippen molar-refractivity contribution in [2.45, 2.75) is 12.8 Å². The minimum Gasteiger partial charge on any atom is -0.284 e. The van der Waals surface area contributed by atoms with E-state index in [1.165, 1.54) is 0 Å². The quantitative estimate of drug-likeness (QED) is 0.795. The first kappa shape index (κ1) is 11.6. The summed E-state index contributed by atoms with van der Waals surface area (Å²) in [6.07, 6.45) is 1.31. The molecule has 1 aromatic rings. The molecule has 2 rings (SSSR count). The minimum atomic E-state index is -3.25. The predicted molar refractivity (Wildman–Crippen MR) is 61.2 cm³/mol. The number of nitrogens with zero attached hydrogens (tertiary/aromatic N) is 1. The normalized spacial score (nSPS) is 17.8. The van der Waals surface area contributed by atoms with Crippen LogP contribution in [0.3, 0.4) is 0 Å². The molecule has 1 fully saturated rings. The van der Waals surface area contributed by atoms with Gasteiger partial charge in [0.25, 0.3) is 0 Å². The highest BCUT2D eigenvalue weighted by molar-refractivity contribution is 7.88. The molecule has 4 nitrogen and oxygen atoms in total. The third-order valence-electron chi connectivity index (χ3n) is 2.52. The lowest BCUT2D eigenvalue weighted by atomic mass is 10.2. The Hall–Kier alpha value is -0.910. The largest absolute Gasteiger partial charge is 0.284 e. The average molecular weight is 241 g/mol. The van der Waals surface area contributed by atoms with Crippen LogP contribution in [0, 0.1) is 0 Å². The standard InChI is InChI=1S/C11H15NO3S/c13-16(14,12-8-4-9-15-12)10-7-11-5-2-1-3-6-11/h1-3,5-6H,4,7-10H2.